The Morgan fingerprint density at radius 2 is 1.95 bits per heavy atom. The molecule has 0 aromatic rings. The third-order valence-corrected chi connectivity index (χ3v) is 5.09. The minimum Gasteiger partial charge on any atom is -0.480 e. The normalized spacial score (nSPS) is 19.7. The molecule has 1 aliphatic rings. The summed E-state index contributed by atoms with van der Waals surface area (Å²) in [5.41, 5.74) is 0. The van der Waals surface area contributed by atoms with Crippen LogP contribution in [0.4, 0.5) is 4.79 Å². The summed E-state index contributed by atoms with van der Waals surface area (Å²) in [7, 11) is -3.05. The highest BCUT2D eigenvalue weighted by Crippen LogP contribution is 2.06. The van der Waals surface area contributed by atoms with Crippen molar-refractivity contribution < 1.29 is 23.1 Å². The summed E-state index contributed by atoms with van der Waals surface area (Å²) in [5.74, 6) is -0.579. The van der Waals surface area contributed by atoms with Gasteiger partial charge in [0.05, 0.1) is 11.5 Å². The average Bonchev–Trinajstić information content (AvgIpc) is 2.33. The maximum atomic E-state index is 11.8. The van der Waals surface area contributed by atoms with E-state index in [1.165, 1.54) is 16.7 Å². The van der Waals surface area contributed by atoms with E-state index in [2.05, 4.69) is 5.32 Å². The Kier molecular flexibility index (Phi) is 5.92. The summed E-state index contributed by atoms with van der Waals surface area (Å²) in [6.45, 7) is 0.228. The fourth-order valence-electron chi connectivity index (χ4n) is 1.65. The molecular weight excluding hydrogens is 292 g/mol. The number of thioether (sulfide) groups is 1. The van der Waals surface area contributed by atoms with Gasteiger partial charge in [-0.3, -0.25) is 0 Å². The van der Waals surface area contributed by atoms with E-state index in [1.54, 1.807) is 0 Å². The van der Waals surface area contributed by atoms with Crippen LogP contribution in [0, 0.1) is 0 Å². The second-order valence-corrected chi connectivity index (χ2v) is 7.55. The molecule has 0 spiro atoms. The standard InChI is InChI=1S/C10H18N2O5S2/c1-18-5-2-8(9(13)14)11-10(15)12-3-6-19(16,17)7-4-12/h8H,2-7H2,1H3,(H,11,15)(H,13,14)/t8-/m1/s1. The maximum absolute atomic E-state index is 11.8. The quantitative estimate of drug-likeness (QED) is 0.718. The molecule has 2 N–H and O–H groups in total. The predicted molar refractivity (Wildman–Crippen MR) is 73.2 cm³/mol. The number of carboxylic acid groups (broad SMARTS) is 1. The van der Waals surface area contributed by atoms with Gasteiger partial charge in [0, 0.05) is 13.1 Å². The zero-order valence-corrected chi connectivity index (χ0v) is 12.3. The number of hydrogen-bond donors (Lipinski definition) is 2. The number of urea groups is 1. The van der Waals surface area contributed by atoms with Crippen LogP contribution in [-0.2, 0) is 14.6 Å². The molecule has 7 nitrogen and oxygen atoms in total. The molecule has 0 aromatic carbocycles. The van der Waals surface area contributed by atoms with Gasteiger partial charge in [0.1, 0.15) is 6.04 Å². The number of aliphatic carboxylic acids is 1. The molecule has 0 saturated carbocycles. The lowest BCUT2D eigenvalue weighted by molar-refractivity contribution is -0.139. The highest BCUT2D eigenvalue weighted by molar-refractivity contribution is 7.98. The molecule has 1 fully saturated rings. The molecule has 1 heterocycles. The van der Waals surface area contributed by atoms with Gasteiger partial charge in [0.2, 0.25) is 0 Å². The van der Waals surface area contributed by atoms with Crippen molar-refractivity contribution in [3.05, 3.63) is 0 Å². The Labute approximate surface area is 116 Å². The fourth-order valence-corrected chi connectivity index (χ4v) is 3.32. The summed E-state index contributed by atoms with van der Waals surface area (Å²) >= 11 is 1.50. The zero-order chi connectivity index (χ0) is 14.5. The van der Waals surface area contributed by atoms with Crippen LogP contribution >= 0.6 is 11.8 Å². The molecule has 0 aromatic heterocycles. The first-order chi connectivity index (χ1) is 8.85. The molecule has 0 radical (unpaired) electrons. The number of carbonyl (C=O) groups excluding carboxylic acids is 1. The van der Waals surface area contributed by atoms with E-state index in [0.29, 0.717) is 12.2 Å². The van der Waals surface area contributed by atoms with Crippen LogP contribution in [-0.4, -0.2) is 73.1 Å². The van der Waals surface area contributed by atoms with Crippen LogP contribution in [0.5, 0.6) is 0 Å². The lowest BCUT2D eigenvalue weighted by atomic mass is 10.2. The summed E-state index contributed by atoms with van der Waals surface area (Å²) < 4.78 is 22.5. The molecule has 9 heteroatoms. The van der Waals surface area contributed by atoms with Crippen LogP contribution in [0.1, 0.15) is 6.42 Å². The van der Waals surface area contributed by atoms with E-state index in [1.807, 2.05) is 6.26 Å². The summed E-state index contributed by atoms with van der Waals surface area (Å²) in [5, 5.41) is 11.4. The Hall–Kier alpha value is -0.960. The van der Waals surface area contributed by atoms with Crippen molar-refractivity contribution in [3.8, 4) is 0 Å². The Bertz CT molecular complexity index is 423. The first-order valence-corrected chi connectivity index (χ1v) is 9.05. The van der Waals surface area contributed by atoms with Gasteiger partial charge in [-0.15, -0.1) is 0 Å². The number of nitrogens with zero attached hydrogens (tertiary/aromatic N) is 1. The number of rotatable bonds is 5. The number of carboxylic acids is 1. The molecule has 0 aliphatic carbocycles. The first-order valence-electron chi connectivity index (χ1n) is 5.83. The smallest absolute Gasteiger partial charge is 0.326 e. The highest BCUT2D eigenvalue weighted by atomic mass is 32.2. The highest BCUT2D eigenvalue weighted by Gasteiger charge is 2.27. The van der Waals surface area contributed by atoms with Crippen molar-refractivity contribution in [2.45, 2.75) is 12.5 Å². The largest absolute Gasteiger partial charge is 0.480 e. The molecule has 2 amide bonds. The predicted octanol–water partition coefficient (Wildman–Crippen LogP) is -0.367. The van der Waals surface area contributed by atoms with Crippen LogP contribution in [0.25, 0.3) is 0 Å². The molecule has 1 aliphatic heterocycles. The van der Waals surface area contributed by atoms with E-state index in [0.717, 1.165) is 0 Å². The van der Waals surface area contributed by atoms with E-state index >= 15 is 0 Å². The molecule has 1 atom stereocenters. The van der Waals surface area contributed by atoms with E-state index in [9.17, 15) is 18.0 Å². The number of carbonyl (C=O) groups is 2. The molecule has 110 valence electrons. The van der Waals surface area contributed by atoms with Crippen molar-refractivity contribution in [1.82, 2.24) is 10.2 Å². The summed E-state index contributed by atoms with van der Waals surface area (Å²) in [6, 6.07) is -1.44. The molecule has 19 heavy (non-hydrogen) atoms. The molecular formula is C10H18N2O5S2. The van der Waals surface area contributed by atoms with E-state index in [4.69, 9.17) is 5.11 Å². The topological polar surface area (TPSA) is 104 Å². The van der Waals surface area contributed by atoms with Crippen molar-refractivity contribution in [3.63, 3.8) is 0 Å². The first kappa shape index (κ1) is 16.1. The molecule has 1 rings (SSSR count). The van der Waals surface area contributed by atoms with Gasteiger partial charge < -0.3 is 15.3 Å². The van der Waals surface area contributed by atoms with Crippen molar-refractivity contribution in [2.24, 2.45) is 0 Å². The van der Waals surface area contributed by atoms with Crippen LogP contribution in [0.2, 0.25) is 0 Å². The fraction of sp³-hybridized carbons (Fsp3) is 0.800. The zero-order valence-electron chi connectivity index (χ0n) is 10.7. The molecule has 1 saturated heterocycles. The number of nitrogens with one attached hydrogen (secondary N) is 1. The Balaban J connectivity index is 2.51. The van der Waals surface area contributed by atoms with Crippen LogP contribution in [0.3, 0.4) is 0 Å². The van der Waals surface area contributed by atoms with Crippen LogP contribution in [0.15, 0.2) is 0 Å². The third kappa shape index (κ3) is 5.27. The Morgan fingerprint density at radius 3 is 2.42 bits per heavy atom. The van der Waals surface area contributed by atoms with Crippen LogP contribution < -0.4 is 5.32 Å². The SMILES string of the molecule is CSCC[C@@H](NC(=O)N1CCS(=O)(=O)CC1)C(=O)O. The number of amides is 2. The minimum atomic E-state index is -3.05. The Morgan fingerprint density at radius 1 is 1.37 bits per heavy atom. The monoisotopic (exact) mass is 310 g/mol. The second kappa shape index (κ2) is 6.99. The van der Waals surface area contributed by atoms with Gasteiger partial charge >= 0.3 is 12.0 Å². The minimum absolute atomic E-state index is 0.0665. The van der Waals surface area contributed by atoms with Crippen molar-refractivity contribution >= 4 is 33.6 Å². The van der Waals surface area contributed by atoms with Gasteiger partial charge in [0.15, 0.2) is 9.84 Å². The van der Waals surface area contributed by atoms with E-state index < -0.39 is 27.9 Å². The summed E-state index contributed by atoms with van der Waals surface area (Å²) in [4.78, 5) is 24.2. The van der Waals surface area contributed by atoms with Gasteiger partial charge in [-0.2, -0.15) is 11.8 Å². The number of sulfone groups is 1. The lowest BCUT2D eigenvalue weighted by Crippen LogP contribution is -2.52. The van der Waals surface area contributed by atoms with Gasteiger partial charge in [-0.1, -0.05) is 0 Å². The van der Waals surface area contributed by atoms with Crippen molar-refractivity contribution in [2.75, 3.05) is 36.6 Å². The van der Waals surface area contributed by atoms with Gasteiger partial charge in [0.25, 0.3) is 0 Å². The van der Waals surface area contributed by atoms with Gasteiger partial charge in [-0.05, 0) is 18.4 Å². The van der Waals surface area contributed by atoms with Crippen molar-refractivity contribution in [1.29, 1.82) is 0 Å². The van der Waals surface area contributed by atoms with E-state index in [-0.39, 0.29) is 24.6 Å². The second-order valence-electron chi connectivity index (χ2n) is 4.26. The number of hydrogen-bond acceptors (Lipinski definition) is 5. The molecule has 0 bridgehead atoms. The summed E-state index contributed by atoms with van der Waals surface area (Å²) in [6.07, 6.45) is 2.20. The maximum Gasteiger partial charge on any atom is 0.326 e. The average molecular weight is 310 g/mol. The lowest BCUT2D eigenvalue weighted by Gasteiger charge is -2.28. The van der Waals surface area contributed by atoms with Gasteiger partial charge in [-0.25, -0.2) is 18.0 Å². The molecule has 0 unspecified atom stereocenters. The third-order valence-electron chi connectivity index (χ3n) is 2.84.